The van der Waals surface area contributed by atoms with Crippen molar-refractivity contribution in [3.8, 4) is 0 Å². The van der Waals surface area contributed by atoms with Gasteiger partial charge >= 0.3 is 12.1 Å². The highest BCUT2D eigenvalue weighted by atomic mass is 19.4. The van der Waals surface area contributed by atoms with Gasteiger partial charge < -0.3 is 15.0 Å². The number of halogens is 3. The lowest BCUT2D eigenvalue weighted by atomic mass is 9.69. The Morgan fingerprint density at radius 2 is 1.78 bits per heavy atom. The third-order valence-electron chi connectivity index (χ3n) is 9.17. The first kappa shape index (κ1) is 29.0. The lowest BCUT2D eigenvalue weighted by Gasteiger charge is -2.41. The molecule has 3 aliphatic rings. The molecular formula is C30H35F3N4O4. The van der Waals surface area contributed by atoms with Gasteiger partial charge in [-0.2, -0.15) is 13.2 Å². The van der Waals surface area contributed by atoms with Gasteiger partial charge in [0.15, 0.2) is 0 Å². The van der Waals surface area contributed by atoms with Crippen LogP contribution in [0.25, 0.3) is 0 Å². The van der Waals surface area contributed by atoms with Gasteiger partial charge in [0, 0.05) is 42.9 Å². The van der Waals surface area contributed by atoms with Crippen molar-refractivity contribution in [1.29, 1.82) is 0 Å². The van der Waals surface area contributed by atoms with Gasteiger partial charge in [-0.1, -0.05) is 12.1 Å². The minimum absolute atomic E-state index is 0.0153. The highest BCUT2D eigenvalue weighted by Gasteiger charge is 2.50. The first-order chi connectivity index (χ1) is 19.6. The molecule has 1 spiro atoms. The molecule has 0 bridgehead atoms. The number of hydrogen-bond donors (Lipinski definition) is 1. The Kier molecular flexibility index (Phi) is 8.09. The maximum absolute atomic E-state index is 13.0. The van der Waals surface area contributed by atoms with Gasteiger partial charge in [-0.3, -0.25) is 24.3 Å². The fraction of sp³-hybridized carbons (Fsp3) is 0.533. The lowest BCUT2D eigenvalue weighted by Crippen LogP contribution is -2.47. The van der Waals surface area contributed by atoms with Gasteiger partial charge in [0.1, 0.15) is 5.41 Å². The summed E-state index contributed by atoms with van der Waals surface area (Å²) in [5.41, 5.74) is -1.02. The van der Waals surface area contributed by atoms with Crippen LogP contribution in [0.5, 0.6) is 0 Å². The third kappa shape index (κ3) is 5.95. The second-order valence-corrected chi connectivity index (χ2v) is 11.6. The van der Waals surface area contributed by atoms with E-state index in [0.717, 1.165) is 56.6 Å². The van der Waals surface area contributed by atoms with E-state index in [1.54, 1.807) is 11.1 Å². The van der Waals surface area contributed by atoms with Crippen molar-refractivity contribution in [2.75, 3.05) is 39.8 Å². The van der Waals surface area contributed by atoms with Crippen molar-refractivity contribution in [3.05, 3.63) is 65.5 Å². The summed E-state index contributed by atoms with van der Waals surface area (Å²) >= 11 is 0. The van der Waals surface area contributed by atoms with Crippen LogP contribution in [0.4, 0.5) is 13.2 Å². The van der Waals surface area contributed by atoms with Crippen molar-refractivity contribution >= 4 is 17.8 Å². The summed E-state index contributed by atoms with van der Waals surface area (Å²) in [4.78, 5) is 46.9. The number of likely N-dealkylation sites (tertiary alicyclic amines) is 2. The predicted octanol–water partition coefficient (Wildman–Crippen LogP) is 3.81. The Labute approximate surface area is 237 Å². The Morgan fingerprint density at radius 1 is 1.02 bits per heavy atom. The van der Waals surface area contributed by atoms with Crippen LogP contribution >= 0.6 is 0 Å². The Balaban J connectivity index is 1.13. The molecule has 1 N–H and O–H groups in total. The summed E-state index contributed by atoms with van der Waals surface area (Å²) in [6.45, 7) is 2.71. The summed E-state index contributed by atoms with van der Waals surface area (Å²) in [7, 11) is 1.42. The molecule has 2 amide bonds. The monoisotopic (exact) mass is 572 g/mol. The summed E-state index contributed by atoms with van der Waals surface area (Å²) in [5.74, 6) is -1.19. The third-order valence-corrected chi connectivity index (χ3v) is 9.17. The lowest BCUT2D eigenvalue weighted by molar-refractivity contribution is -0.149. The number of ether oxygens (including phenoxy) is 1. The van der Waals surface area contributed by atoms with Crippen LogP contribution in [0.2, 0.25) is 0 Å². The number of rotatable bonds is 6. The maximum Gasteiger partial charge on any atom is 0.416 e. The van der Waals surface area contributed by atoms with Crippen LogP contribution < -0.4 is 5.32 Å². The van der Waals surface area contributed by atoms with Gasteiger partial charge in [0.2, 0.25) is 5.91 Å². The molecule has 2 saturated heterocycles. The van der Waals surface area contributed by atoms with Gasteiger partial charge in [-0.05, 0) is 75.4 Å². The molecule has 3 heterocycles. The van der Waals surface area contributed by atoms with E-state index < -0.39 is 23.1 Å². The number of methoxy groups -OCH3 is 1. The number of alkyl halides is 3. The molecule has 5 rings (SSSR count). The quantitative estimate of drug-likeness (QED) is 0.530. The van der Waals surface area contributed by atoms with Crippen LogP contribution in [0.1, 0.15) is 60.1 Å². The maximum atomic E-state index is 13.0. The fourth-order valence-electron chi connectivity index (χ4n) is 6.84. The minimum Gasteiger partial charge on any atom is -0.468 e. The molecule has 3 fully saturated rings. The molecule has 41 heavy (non-hydrogen) atoms. The van der Waals surface area contributed by atoms with Crippen LogP contribution in [-0.4, -0.2) is 78.4 Å². The van der Waals surface area contributed by atoms with Gasteiger partial charge in [-0.25, -0.2) is 0 Å². The molecule has 0 unspecified atom stereocenters. The van der Waals surface area contributed by atoms with Crippen LogP contribution in [0.3, 0.4) is 0 Å². The summed E-state index contributed by atoms with van der Waals surface area (Å²) < 4.78 is 44.1. The minimum atomic E-state index is -4.55. The van der Waals surface area contributed by atoms with Crippen LogP contribution in [0, 0.1) is 5.41 Å². The van der Waals surface area contributed by atoms with Crippen molar-refractivity contribution in [1.82, 2.24) is 20.1 Å². The number of nitrogens with one attached hydrogen (secondary N) is 1. The summed E-state index contributed by atoms with van der Waals surface area (Å²) in [5, 5.41) is 2.48. The zero-order chi connectivity index (χ0) is 29.3. The van der Waals surface area contributed by atoms with E-state index in [-0.39, 0.29) is 29.4 Å². The van der Waals surface area contributed by atoms with Crippen molar-refractivity contribution in [2.45, 2.75) is 56.2 Å². The van der Waals surface area contributed by atoms with E-state index in [1.807, 2.05) is 18.2 Å². The average Bonchev–Trinajstić information content (AvgIpc) is 3.61. The highest BCUT2D eigenvalue weighted by molar-refractivity contribution is 5.96. The number of pyridine rings is 1. The van der Waals surface area contributed by atoms with E-state index in [9.17, 15) is 27.6 Å². The summed E-state index contributed by atoms with van der Waals surface area (Å²) in [6.07, 6.45) is 2.03. The molecule has 8 nitrogen and oxygen atoms in total. The molecule has 1 atom stereocenters. The second kappa shape index (κ2) is 11.4. The number of nitrogens with zero attached hydrogens (tertiary/aromatic N) is 3. The first-order valence-corrected chi connectivity index (χ1v) is 14.0. The number of carbonyl (C=O) groups is 3. The number of hydrogen-bond acceptors (Lipinski definition) is 6. The Bertz CT molecular complexity index is 1280. The molecule has 1 aliphatic carbocycles. The molecule has 2 aliphatic heterocycles. The fourth-order valence-corrected chi connectivity index (χ4v) is 6.84. The van der Waals surface area contributed by atoms with E-state index in [0.29, 0.717) is 32.0 Å². The number of carbonyl (C=O) groups excluding carboxylic acids is 3. The standard InChI is InChI=1S/C30H35F3N4O4/c1-41-27(40)29(24-7-2-3-14-34-24)10-8-23(9-11-29)36-15-12-28(19-36)13-16-37(20-28)25(38)18-35-26(39)21-5-4-6-22(17-21)30(31,32)33/h2-7,14,17,23H,8-13,15-16,18-20H2,1H3,(H,35,39)/t23?,28-,29?/m1/s1. The second-order valence-electron chi connectivity index (χ2n) is 11.6. The SMILES string of the molecule is COC(=O)C1(c2ccccn2)CCC(N2CC[C@@]3(CCN(C(=O)CNC(=O)c4cccc(C(F)(F)F)c4)C3)C2)CC1. The van der Waals surface area contributed by atoms with E-state index in [4.69, 9.17) is 4.74 Å². The largest absolute Gasteiger partial charge is 0.468 e. The molecule has 2 aromatic rings. The van der Waals surface area contributed by atoms with Gasteiger partial charge in [0.05, 0.1) is 24.9 Å². The van der Waals surface area contributed by atoms with E-state index in [1.165, 1.54) is 19.2 Å². The molecule has 11 heteroatoms. The first-order valence-electron chi connectivity index (χ1n) is 14.0. The van der Waals surface area contributed by atoms with Crippen LogP contribution in [-0.2, 0) is 25.9 Å². The Morgan fingerprint density at radius 3 is 2.46 bits per heavy atom. The van der Waals surface area contributed by atoms with E-state index >= 15 is 0 Å². The van der Waals surface area contributed by atoms with Crippen molar-refractivity contribution < 1.29 is 32.3 Å². The molecule has 0 radical (unpaired) electrons. The Hall–Kier alpha value is -3.47. The average molecular weight is 573 g/mol. The molecule has 220 valence electrons. The number of aromatic nitrogens is 1. The van der Waals surface area contributed by atoms with Crippen molar-refractivity contribution in [2.24, 2.45) is 5.41 Å². The van der Waals surface area contributed by atoms with Gasteiger partial charge in [-0.15, -0.1) is 0 Å². The molecule has 1 aromatic carbocycles. The number of esters is 1. The zero-order valence-corrected chi connectivity index (χ0v) is 23.1. The highest BCUT2D eigenvalue weighted by Crippen LogP contribution is 2.45. The van der Waals surface area contributed by atoms with Crippen molar-refractivity contribution in [3.63, 3.8) is 0 Å². The zero-order valence-electron chi connectivity index (χ0n) is 23.1. The summed E-state index contributed by atoms with van der Waals surface area (Å²) in [6, 6.07) is 10.1. The topological polar surface area (TPSA) is 91.8 Å². The molecular weight excluding hydrogens is 537 g/mol. The predicted molar refractivity (Wildman–Crippen MR) is 144 cm³/mol. The molecule has 1 aromatic heterocycles. The van der Waals surface area contributed by atoms with E-state index in [2.05, 4.69) is 15.2 Å². The smallest absolute Gasteiger partial charge is 0.416 e. The molecule has 1 saturated carbocycles. The number of amides is 2. The van der Waals surface area contributed by atoms with Gasteiger partial charge in [0.25, 0.3) is 5.91 Å². The normalized spacial score (nSPS) is 26.7. The number of benzene rings is 1. The van der Waals surface area contributed by atoms with Crippen LogP contribution in [0.15, 0.2) is 48.7 Å².